The number of nitrogens with zero attached hydrogens (tertiary/aromatic N) is 3. The van der Waals surface area contributed by atoms with E-state index in [-0.39, 0.29) is 17.6 Å². The number of aromatic nitrogens is 2. The molecule has 1 fully saturated rings. The van der Waals surface area contributed by atoms with Crippen LogP contribution in [0.2, 0.25) is 0 Å². The van der Waals surface area contributed by atoms with Crippen molar-refractivity contribution in [1.29, 1.82) is 0 Å². The summed E-state index contributed by atoms with van der Waals surface area (Å²) in [6.45, 7) is 5.19. The van der Waals surface area contributed by atoms with Gasteiger partial charge in [0.15, 0.2) is 0 Å². The van der Waals surface area contributed by atoms with E-state index in [9.17, 15) is 4.79 Å². The second-order valence-electron chi connectivity index (χ2n) is 5.21. The van der Waals surface area contributed by atoms with Crippen LogP contribution < -0.4 is 0 Å². The van der Waals surface area contributed by atoms with Crippen LogP contribution in [0, 0.1) is 0 Å². The number of hydrogen-bond donors (Lipinski definition) is 0. The van der Waals surface area contributed by atoms with E-state index in [1.165, 1.54) is 0 Å². The maximum atomic E-state index is 12.3. The van der Waals surface area contributed by atoms with Gasteiger partial charge in [-0.05, 0) is 19.9 Å². The lowest BCUT2D eigenvalue weighted by atomic mass is 10.1. The molecule has 1 aliphatic rings. The number of halogens is 1. The highest BCUT2D eigenvalue weighted by atomic mass is 79.9. The van der Waals surface area contributed by atoms with Gasteiger partial charge in [0.25, 0.3) is 5.91 Å². The van der Waals surface area contributed by atoms with Crippen LogP contribution in [0.15, 0.2) is 12.3 Å². The molecule has 0 N–H and O–H groups in total. The maximum Gasteiger partial charge on any atom is 0.274 e. The molecule has 6 heteroatoms. The van der Waals surface area contributed by atoms with Crippen LogP contribution >= 0.6 is 15.9 Å². The summed E-state index contributed by atoms with van der Waals surface area (Å²) in [6, 6.07) is 1.74. The molecule has 1 aromatic rings. The van der Waals surface area contributed by atoms with Gasteiger partial charge in [-0.3, -0.25) is 9.48 Å². The predicted octanol–water partition coefficient (Wildman–Crippen LogP) is 1.43. The third-order valence-electron chi connectivity index (χ3n) is 2.87. The quantitative estimate of drug-likeness (QED) is 0.776. The van der Waals surface area contributed by atoms with Crippen LogP contribution in [0.1, 0.15) is 24.3 Å². The number of carbonyl (C=O) groups excluding carboxylic acids is 1. The highest BCUT2D eigenvalue weighted by Gasteiger charge is 2.35. The van der Waals surface area contributed by atoms with E-state index in [1.54, 1.807) is 24.0 Å². The minimum atomic E-state index is -0.318. The van der Waals surface area contributed by atoms with E-state index in [0.717, 1.165) is 5.33 Å². The minimum absolute atomic E-state index is 0.0291. The number of ether oxygens (including phenoxy) is 1. The number of aryl methyl sites for hydroxylation is 1. The Kier molecular flexibility index (Phi) is 3.77. The Morgan fingerprint density at radius 1 is 1.67 bits per heavy atom. The number of alkyl halides is 1. The highest BCUT2D eigenvalue weighted by molar-refractivity contribution is 9.09. The Hall–Kier alpha value is -0.880. The average molecular weight is 316 g/mol. The molecule has 18 heavy (non-hydrogen) atoms. The van der Waals surface area contributed by atoms with E-state index in [1.807, 2.05) is 18.7 Å². The van der Waals surface area contributed by atoms with Crippen molar-refractivity contribution in [2.45, 2.75) is 25.6 Å². The van der Waals surface area contributed by atoms with Crippen molar-refractivity contribution in [2.75, 3.05) is 18.4 Å². The molecule has 1 aromatic heterocycles. The monoisotopic (exact) mass is 315 g/mol. The third kappa shape index (κ3) is 2.92. The van der Waals surface area contributed by atoms with E-state index < -0.39 is 0 Å². The number of amides is 1. The molecule has 5 nitrogen and oxygen atoms in total. The molecule has 0 spiro atoms. The van der Waals surface area contributed by atoms with Crippen molar-refractivity contribution in [2.24, 2.45) is 7.05 Å². The standard InChI is InChI=1S/C12H18BrN3O2/c1-12(2)8-16(7-9(6-13)18-12)11(17)10-4-5-15(3)14-10/h4-5,9H,6-8H2,1-3H3. The van der Waals surface area contributed by atoms with Crippen molar-refractivity contribution < 1.29 is 9.53 Å². The van der Waals surface area contributed by atoms with Crippen LogP contribution in [-0.4, -0.2) is 50.7 Å². The molecular weight excluding hydrogens is 298 g/mol. The Morgan fingerprint density at radius 3 is 2.94 bits per heavy atom. The minimum Gasteiger partial charge on any atom is -0.368 e. The Balaban J connectivity index is 2.14. The molecule has 0 aromatic carbocycles. The second-order valence-corrected chi connectivity index (χ2v) is 5.86. The smallest absolute Gasteiger partial charge is 0.274 e. The fourth-order valence-corrected chi connectivity index (χ4v) is 2.56. The zero-order chi connectivity index (χ0) is 13.3. The lowest BCUT2D eigenvalue weighted by molar-refractivity contribution is -0.116. The Morgan fingerprint density at radius 2 is 2.39 bits per heavy atom. The van der Waals surface area contributed by atoms with Crippen LogP contribution in [0.4, 0.5) is 0 Å². The van der Waals surface area contributed by atoms with Gasteiger partial charge in [0.05, 0.1) is 11.7 Å². The zero-order valence-corrected chi connectivity index (χ0v) is 12.5. The number of morpholine rings is 1. The van der Waals surface area contributed by atoms with Gasteiger partial charge in [0, 0.05) is 31.7 Å². The summed E-state index contributed by atoms with van der Waals surface area (Å²) in [6.07, 6.45) is 1.81. The van der Waals surface area contributed by atoms with Crippen LogP contribution in [-0.2, 0) is 11.8 Å². The largest absolute Gasteiger partial charge is 0.368 e. The van der Waals surface area contributed by atoms with Crippen molar-refractivity contribution in [1.82, 2.24) is 14.7 Å². The van der Waals surface area contributed by atoms with Gasteiger partial charge in [-0.25, -0.2) is 0 Å². The van der Waals surface area contributed by atoms with Gasteiger partial charge in [-0.2, -0.15) is 5.10 Å². The fraction of sp³-hybridized carbons (Fsp3) is 0.667. The lowest BCUT2D eigenvalue weighted by Crippen LogP contribution is -2.55. The van der Waals surface area contributed by atoms with Crippen molar-refractivity contribution in [3.05, 3.63) is 18.0 Å². The summed E-state index contributed by atoms with van der Waals surface area (Å²) in [5.41, 5.74) is 0.171. The van der Waals surface area contributed by atoms with Gasteiger partial charge >= 0.3 is 0 Å². The molecule has 1 atom stereocenters. The summed E-state index contributed by atoms with van der Waals surface area (Å²) >= 11 is 3.42. The van der Waals surface area contributed by atoms with Crippen molar-refractivity contribution in [3.8, 4) is 0 Å². The topological polar surface area (TPSA) is 47.4 Å². The van der Waals surface area contributed by atoms with Gasteiger partial charge in [-0.1, -0.05) is 15.9 Å². The Labute approximate surface area is 115 Å². The molecule has 1 aliphatic heterocycles. The van der Waals surface area contributed by atoms with Gasteiger partial charge in [-0.15, -0.1) is 0 Å². The molecule has 2 rings (SSSR count). The summed E-state index contributed by atoms with van der Waals surface area (Å²) in [5, 5.41) is 4.88. The maximum absolute atomic E-state index is 12.3. The molecular formula is C12H18BrN3O2. The van der Waals surface area contributed by atoms with Crippen molar-refractivity contribution >= 4 is 21.8 Å². The number of hydrogen-bond acceptors (Lipinski definition) is 3. The fourth-order valence-electron chi connectivity index (χ4n) is 2.22. The summed E-state index contributed by atoms with van der Waals surface area (Å²) in [4.78, 5) is 14.2. The number of rotatable bonds is 2. The van der Waals surface area contributed by atoms with Gasteiger partial charge in [0.2, 0.25) is 0 Å². The molecule has 1 saturated heterocycles. The molecule has 0 bridgehead atoms. The Bertz CT molecular complexity index is 444. The predicted molar refractivity (Wildman–Crippen MR) is 71.9 cm³/mol. The molecule has 0 saturated carbocycles. The molecule has 0 aliphatic carbocycles. The van der Waals surface area contributed by atoms with E-state index in [0.29, 0.717) is 18.8 Å². The highest BCUT2D eigenvalue weighted by Crippen LogP contribution is 2.23. The molecule has 100 valence electrons. The molecule has 1 unspecified atom stereocenters. The van der Waals surface area contributed by atoms with Crippen LogP contribution in [0.25, 0.3) is 0 Å². The molecule has 0 radical (unpaired) electrons. The lowest BCUT2D eigenvalue weighted by Gasteiger charge is -2.42. The van der Waals surface area contributed by atoms with E-state index in [4.69, 9.17) is 4.74 Å². The van der Waals surface area contributed by atoms with Crippen LogP contribution in [0.5, 0.6) is 0 Å². The summed E-state index contributed by atoms with van der Waals surface area (Å²) in [7, 11) is 1.81. The first-order valence-electron chi connectivity index (χ1n) is 5.94. The van der Waals surface area contributed by atoms with Gasteiger partial charge in [0.1, 0.15) is 5.69 Å². The first kappa shape index (κ1) is 13.5. The van der Waals surface area contributed by atoms with Crippen molar-refractivity contribution in [3.63, 3.8) is 0 Å². The van der Waals surface area contributed by atoms with E-state index >= 15 is 0 Å². The molecule has 1 amide bonds. The SMILES string of the molecule is Cn1ccc(C(=O)N2CC(CBr)OC(C)(C)C2)n1. The third-order valence-corrected chi connectivity index (χ3v) is 3.60. The summed E-state index contributed by atoms with van der Waals surface area (Å²) < 4.78 is 7.52. The first-order chi connectivity index (χ1) is 8.41. The van der Waals surface area contributed by atoms with E-state index in [2.05, 4.69) is 21.0 Å². The number of carbonyl (C=O) groups is 1. The zero-order valence-electron chi connectivity index (χ0n) is 10.9. The summed E-state index contributed by atoms with van der Waals surface area (Å²) in [5.74, 6) is -0.0297. The van der Waals surface area contributed by atoms with Gasteiger partial charge < -0.3 is 9.64 Å². The second kappa shape index (κ2) is 5.01. The molecule has 2 heterocycles. The first-order valence-corrected chi connectivity index (χ1v) is 7.06. The average Bonchev–Trinajstić information content (AvgIpc) is 2.72. The van der Waals surface area contributed by atoms with Crippen LogP contribution in [0.3, 0.4) is 0 Å². The normalized spacial score (nSPS) is 23.1.